The number of hydrogen-bond donors (Lipinski definition) is 2. The number of nitrogens with two attached hydrogens (primary N) is 1. The van der Waals surface area contributed by atoms with Gasteiger partial charge in [-0.1, -0.05) is 6.07 Å². The van der Waals surface area contributed by atoms with Crippen molar-refractivity contribution in [3.8, 4) is 5.75 Å². The van der Waals surface area contributed by atoms with Crippen molar-refractivity contribution in [1.29, 1.82) is 0 Å². The number of anilines is 2. The van der Waals surface area contributed by atoms with Crippen LogP contribution in [0.4, 0.5) is 11.4 Å². The fourth-order valence-electron chi connectivity index (χ4n) is 1.61. The normalized spacial score (nSPS) is 11.7. The number of nitrogens with one attached hydrogen (secondary N) is 1. The maximum Gasteiger partial charge on any atom is 0.265 e. The maximum atomic E-state index is 12.0. The summed E-state index contributed by atoms with van der Waals surface area (Å²) in [6.07, 6.45) is -0.578. The molecule has 0 aromatic heterocycles. The van der Waals surface area contributed by atoms with Crippen molar-refractivity contribution in [2.75, 3.05) is 11.1 Å². The third-order valence-corrected chi connectivity index (χ3v) is 3.33. The zero-order valence-electron chi connectivity index (χ0n) is 11.0. The molecule has 3 N–H and O–H groups in total. The van der Waals surface area contributed by atoms with Crippen LogP contribution in [0.3, 0.4) is 0 Å². The summed E-state index contributed by atoms with van der Waals surface area (Å²) in [5.74, 6) is 0.477. The van der Waals surface area contributed by atoms with Crippen LogP contribution in [-0.4, -0.2) is 12.0 Å². The molecule has 0 heterocycles. The molecule has 0 saturated carbocycles. The van der Waals surface area contributed by atoms with Crippen LogP contribution in [0.1, 0.15) is 6.92 Å². The molecule has 1 atom stereocenters. The van der Waals surface area contributed by atoms with Crippen LogP contribution >= 0.6 is 22.6 Å². The third kappa shape index (κ3) is 4.12. The van der Waals surface area contributed by atoms with E-state index in [1.54, 1.807) is 31.2 Å². The Morgan fingerprint density at radius 2 is 1.95 bits per heavy atom. The molecule has 0 aliphatic heterocycles. The molecule has 1 amide bonds. The van der Waals surface area contributed by atoms with E-state index in [0.717, 1.165) is 3.57 Å². The molecule has 0 bridgehead atoms. The van der Waals surface area contributed by atoms with E-state index in [0.29, 0.717) is 17.1 Å². The van der Waals surface area contributed by atoms with Gasteiger partial charge in [0.2, 0.25) is 0 Å². The maximum absolute atomic E-state index is 12.0. The van der Waals surface area contributed by atoms with Gasteiger partial charge in [-0.3, -0.25) is 4.79 Å². The Morgan fingerprint density at radius 1 is 1.25 bits per heavy atom. The molecule has 5 heteroatoms. The molecule has 0 radical (unpaired) electrons. The van der Waals surface area contributed by atoms with Crippen LogP contribution in [0.15, 0.2) is 48.5 Å². The quantitative estimate of drug-likeness (QED) is 0.630. The summed E-state index contributed by atoms with van der Waals surface area (Å²) in [7, 11) is 0. The van der Waals surface area contributed by atoms with Crippen molar-refractivity contribution in [2.24, 2.45) is 0 Å². The Bertz CT molecular complexity index is 599. The molecule has 1 unspecified atom stereocenters. The Morgan fingerprint density at radius 3 is 2.60 bits per heavy atom. The van der Waals surface area contributed by atoms with E-state index in [1.165, 1.54) is 0 Å². The van der Waals surface area contributed by atoms with Crippen molar-refractivity contribution in [1.82, 2.24) is 0 Å². The van der Waals surface area contributed by atoms with Crippen molar-refractivity contribution >= 4 is 39.9 Å². The van der Waals surface area contributed by atoms with E-state index in [1.807, 2.05) is 24.3 Å². The molecular weight excluding hydrogens is 367 g/mol. The highest BCUT2D eigenvalue weighted by Gasteiger charge is 2.14. The van der Waals surface area contributed by atoms with Gasteiger partial charge in [-0.25, -0.2) is 0 Å². The largest absolute Gasteiger partial charge is 0.481 e. The lowest BCUT2D eigenvalue weighted by Gasteiger charge is -2.15. The minimum Gasteiger partial charge on any atom is -0.481 e. The van der Waals surface area contributed by atoms with E-state index < -0.39 is 6.10 Å². The second-order valence-corrected chi connectivity index (χ2v) is 5.57. The third-order valence-electron chi connectivity index (χ3n) is 2.66. The summed E-state index contributed by atoms with van der Waals surface area (Å²) < 4.78 is 6.67. The van der Waals surface area contributed by atoms with Crippen LogP contribution in [0.25, 0.3) is 0 Å². The Balaban J connectivity index is 1.96. The Labute approximate surface area is 131 Å². The number of rotatable bonds is 4. The summed E-state index contributed by atoms with van der Waals surface area (Å²) in [4.78, 5) is 12.0. The molecular formula is C15H15IN2O2. The van der Waals surface area contributed by atoms with Gasteiger partial charge in [-0.2, -0.15) is 0 Å². The topological polar surface area (TPSA) is 64.3 Å². The first-order chi connectivity index (χ1) is 9.54. The van der Waals surface area contributed by atoms with Crippen LogP contribution in [0.5, 0.6) is 5.75 Å². The van der Waals surface area contributed by atoms with Crippen molar-refractivity contribution < 1.29 is 9.53 Å². The molecule has 0 saturated heterocycles. The average Bonchev–Trinajstić information content (AvgIpc) is 2.41. The number of ether oxygens (including phenoxy) is 1. The van der Waals surface area contributed by atoms with Crippen molar-refractivity contribution in [3.05, 3.63) is 52.1 Å². The number of halogens is 1. The van der Waals surface area contributed by atoms with Gasteiger partial charge in [0.1, 0.15) is 5.75 Å². The first-order valence-electron chi connectivity index (χ1n) is 6.13. The van der Waals surface area contributed by atoms with Crippen molar-refractivity contribution in [2.45, 2.75) is 13.0 Å². The molecule has 0 spiro atoms. The van der Waals surface area contributed by atoms with Crippen molar-refractivity contribution in [3.63, 3.8) is 0 Å². The fraction of sp³-hybridized carbons (Fsp3) is 0.133. The summed E-state index contributed by atoms with van der Waals surface area (Å²) in [6.45, 7) is 1.71. The number of carbonyl (C=O) groups excluding carboxylic acids is 1. The van der Waals surface area contributed by atoms with E-state index in [4.69, 9.17) is 10.5 Å². The molecule has 0 aliphatic carbocycles. The predicted octanol–water partition coefficient (Wildman–Crippen LogP) is 3.28. The van der Waals surface area contributed by atoms with Gasteiger partial charge in [-0.15, -0.1) is 0 Å². The van der Waals surface area contributed by atoms with Gasteiger partial charge < -0.3 is 15.8 Å². The monoisotopic (exact) mass is 382 g/mol. The van der Waals surface area contributed by atoms with E-state index in [-0.39, 0.29) is 5.91 Å². The molecule has 20 heavy (non-hydrogen) atoms. The Hall–Kier alpha value is -1.76. The van der Waals surface area contributed by atoms with Crippen LogP contribution in [0, 0.1) is 3.57 Å². The molecule has 2 aromatic carbocycles. The zero-order valence-corrected chi connectivity index (χ0v) is 13.1. The minimum atomic E-state index is -0.578. The van der Waals surface area contributed by atoms with E-state index in [2.05, 4.69) is 27.9 Å². The predicted molar refractivity (Wildman–Crippen MR) is 88.7 cm³/mol. The molecule has 4 nitrogen and oxygen atoms in total. The summed E-state index contributed by atoms with van der Waals surface area (Å²) in [6, 6.07) is 14.6. The highest BCUT2D eigenvalue weighted by molar-refractivity contribution is 14.1. The fourth-order valence-corrected chi connectivity index (χ4v) is 2.12. The lowest BCUT2D eigenvalue weighted by Crippen LogP contribution is -2.30. The second kappa shape index (κ2) is 6.60. The smallest absolute Gasteiger partial charge is 0.265 e. The van der Waals surface area contributed by atoms with Gasteiger partial charge in [0.15, 0.2) is 6.10 Å². The van der Waals surface area contributed by atoms with Crippen LogP contribution in [0.2, 0.25) is 0 Å². The van der Waals surface area contributed by atoms with Crippen LogP contribution < -0.4 is 15.8 Å². The first kappa shape index (κ1) is 14.6. The Kier molecular flexibility index (Phi) is 4.84. The van der Waals surface area contributed by atoms with E-state index in [9.17, 15) is 4.79 Å². The van der Waals surface area contributed by atoms with Gasteiger partial charge in [0.25, 0.3) is 5.91 Å². The standard InChI is InChI=1S/C15H15IN2O2/c1-10(20-14-4-2-3-11(16)9-14)15(19)18-13-7-5-12(17)6-8-13/h2-10H,17H2,1H3,(H,18,19). The van der Waals surface area contributed by atoms with Gasteiger partial charge in [0.05, 0.1) is 0 Å². The molecule has 104 valence electrons. The summed E-state index contributed by atoms with van der Waals surface area (Å²) in [5, 5.41) is 2.78. The summed E-state index contributed by atoms with van der Waals surface area (Å²) in [5.41, 5.74) is 6.95. The first-order valence-corrected chi connectivity index (χ1v) is 7.21. The number of amides is 1. The molecule has 2 aromatic rings. The summed E-state index contributed by atoms with van der Waals surface area (Å²) >= 11 is 2.20. The zero-order chi connectivity index (χ0) is 14.5. The SMILES string of the molecule is CC(Oc1cccc(I)c1)C(=O)Nc1ccc(N)cc1. The lowest BCUT2D eigenvalue weighted by molar-refractivity contribution is -0.122. The highest BCUT2D eigenvalue weighted by atomic mass is 127. The number of benzene rings is 2. The average molecular weight is 382 g/mol. The molecule has 0 aliphatic rings. The lowest BCUT2D eigenvalue weighted by atomic mass is 10.2. The minimum absolute atomic E-state index is 0.200. The van der Waals surface area contributed by atoms with Gasteiger partial charge in [0, 0.05) is 14.9 Å². The highest BCUT2D eigenvalue weighted by Crippen LogP contribution is 2.17. The number of carbonyl (C=O) groups is 1. The van der Waals surface area contributed by atoms with Crippen LogP contribution in [-0.2, 0) is 4.79 Å². The number of hydrogen-bond acceptors (Lipinski definition) is 3. The number of nitrogen functional groups attached to an aromatic ring is 1. The molecule has 2 rings (SSSR count). The van der Waals surface area contributed by atoms with Gasteiger partial charge in [-0.05, 0) is 72.0 Å². The van der Waals surface area contributed by atoms with Gasteiger partial charge >= 0.3 is 0 Å². The van der Waals surface area contributed by atoms with E-state index >= 15 is 0 Å². The molecule has 0 fully saturated rings. The second-order valence-electron chi connectivity index (χ2n) is 4.33.